The average molecular weight is 289 g/mol. The summed E-state index contributed by atoms with van der Waals surface area (Å²) in [6, 6.07) is 9.59. The number of ether oxygens (including phenoxy) is 1. The van der Waals surface area contributed by atoms with Crippen LogP contribution in [0, 0.1) is 17.8 Å². The number of aliphatic carboxylic acids is 1. The summed E-state index contributed by atoms with van der Waals surface area (Å²) in [6.07, 6.45) is 1.87. The van der Waals surface area contributed by atoms with Crippen molar-refractivity contribution in [3.8, 4) is 0 Å². The van der Waals surface area contributed by atoms with E-state index in [9.17, 15) is 9.59 Å². The van der Waals surface area contributed by atoms with Crippen LogP contribution >= 0.6 is 0 Å². The van der Waals surface area contributed by atoms with E-state index in [4.69, 9.17) is 9.84 Å². The van der Waals surface area contributed by atoms with E-state index in [1.165, 1.54) is 0 Å². The molecule has 0 aliphatic heterocycles. The lowest BCUT2D eigenvalue weighted by Gasteiger charge is -2.40. The van der Waals surface area contributed by atoms with Crippen molar-refractivity contribution in [2.75, 3.05) is 0 Å². The first-order valence-corrected chi connectivity index (χ1v) is 7.33. The van der Waals surface area contributed by atoms with Gasteiger partial charge in [-0.1, -0.05) is 30.3 Å². The van der Waals surface area contributed by atoms with E-state index >= 15 is 0 Å². The molecule has 0 saturated heterocycles. The van der Waals surface area contributed by atoms with E-state index in [-0.39, 0.29) is 18.6 Å². The maximum absolute atomic E-state index is 11.8. The van der Waals surface area contributed by atoms with E-state index in [1.807, 2.05) is 30.3 Å². The molecular weight excluding hydrogens is 270 g/mol. The molecule has 2 aliphatic rings. The molecule has 4 atom stereocenters. The Kier molecular flexibility index (Phi) is 3.82. The van der Waals surface area contributed by atoms with Crippen LogP contribution in [-0.4, -0.2) is 23.2 Å². The van der Waals surface area contributed by atoms with E-state index in [0.717, 1.165) is 18.4 Å². The monoisotopic (exact) mass is 289 g/mol. The summed E-state index contributed by atoms with van der Waals surface area (Å²) in [5.41, 5.74) is 0.950. The predicted molar refractivity (Wildman–Crippen MR) is 75.5 cm³/mol. The molecule has 2 saturated carbocycles. The molecule has 2 fully saturated rings. The highest BCUT2D eigenvalue weighted by atomic mass is 16.5. The zero-order valence-electron chi connectivity index (χ0n) is 11.7. The van der Waals surface area contributed by atoms with Gasteiger partial charge in [-0.15, -0.1) is 0 Å². The Hall–Kier alpha value is -2.04. The molecule has 4 unspecified atom stereocenters. The molecule has 0 radical (unpaired) electrons. The van der Waals surface area contributed by atoms with Gasteiger partial charge in [0, 0.05) is 6.04 Å². The van der Waals surface area contributed by atoms with Crippen molar-refractivity contribution < 1.29 is 19.4 Å². The topological polar surface area (TPSA) is 75.6 Å². The van der Waals surface area contributed by atoms with Crippen molar-refractivity contribution in [3.05, 3.63) is 35.9 Å². The number of carbonyl (C=O) groups excluding carboxylic acids is 1. The van der Waals surface area contributed by atoms with E-state index in [1.54, 1.807) is 0 Å². The first kappa shape index (κ1) is 13.9. The Labute approximate surface area is 123 Å². The number of benzene rings is 1. The third-order valence-electron chi connectivity index (χ3n) is 4.69. The lowest BCUT2D eigenvalue weighted by atomic mass is 9.71. The van der Waals surface area contributed by atoms with Crippen LogP contribution in [0.25, 0.3) is 0 Å². The third-order valence-corrected chi connectivity index (χ3v) is 4.69. The number of carboxylic acid groups (broad SMARTS) is 1. The Bertz CT molecular complexity index is 530. The standard InChI is InChI=1S/C16H19NO4/c18-15(19)12-6-11-8-14(13(11)7-12)17-16(20)21-9-10-4-2-1-3-5-10/h1-5,11-14H,6-9H2,(H,17,20)(H,18,19). The lowest BCUT2D eigenvalue weighted by Crippen LogP contribution is -2.50. The normalized spacial score (nSPS) is 30.1. The van der Waals surface area contributed by atoms with Crippen LogP contribution in [0.4, 0.5) is 4.79 Å². The smallest absolute Gasteiger partial charge is 0.407 e. The molecule has 2 aliphatic carbocycles. The number of carbonyl (C=O) groups is 2. The number of rotatable bonds is 4. The molecule has 21 heavy (non-hydrogen) atoms. The second-order valence-electron chi connectivity index (χ2n) is 5.98. The highest BCUT2D eigenvalue weighted by Gasteiger charge is 2.50. The fourth-order valence-corrected chi connectivity index (χ4v) is 3.51. The van der Waals surface area contributed by atoms with Crippen LogP contribution in [0.2, 0.25) is 0 Å². The van der Waals surface area contributed by atoms with Gasteiger partial charge in [0.15, 0.2) is 0 Å². The second-order valence-corrected chi connectivity index (χ2v) is 5.98. The highest BCUT2D eigenvalue weighted by Crippen LogP contribution is 2.49. The SMILES string of the molecule is O=C(NC1CC2CC(C(=O)O)CC21)OCc1ccccc1. The molecule has 0 spiro atoms. The molecule has 3 rings (SSSR count). The van der Waals surface area contributed by atoms with Crippen LogP contribution in [0.5, 0.6) is 0 Å². The van der Waals surface area contributed by atoms with Crippen molar-refractivity contribution in [1.82, 2.24) is 5.32 Å². The minimum Gasteiger partial charge on any atom is -0.481 e. The quantitative estimate of drug-likeness (QED) is 0.892. The predicted octanol–water partition coefficient (Wildman–Crippen LogP) is 2.41. The van der Waals surface area contributed by atoms with Gasteiger partial charge in [-0.3, -0.25) is 4.79 Å². The number of amides is 1. The minimum atomic E-state index is -0.713. The summed E-state index contributed by atoms with van der Waals surface area (Å²) in [5, 5.41) is 11.9. The maximum atomic E-state index is 11.8. The average Bonchev–Trinajstić information content (AvgIpc) is 2.81. The van der Waals surface area contributed by atoms with Gasteiger partial charge in [-0.25, -0.2) is 4.79 Å². The minimum absolute atomic E-state index is 0.0719. The summed E-state index contributed by atoms with van der Waals surface area (Å²) in [4.78, 5) is 22.8. The summed E-state index contributed by atoms with van der Waals surface area (Å²) in [7, 11) is 0. The highest BCUT2D eigenvalue weighted by molar-refractivity contribution is 5.71. The Balaban J connectivity index is 1.43. The summed E-state index contributed by atoms with van der Waals surface area (Å²) in [6.45, 7) is 0.255. The van der Waals surface area contributed by atoms with Gasteiger partial charge in [0.1, 0.15) is 6.61 Å². The molecule has 112 valence electrons. The Morgan fingerprint density at radius 3 is 2.67 bits per heavy atom. The van der Waals surface area contributed by atoms with Gasteiger partial charge >= 0.3 is 12.1 Å². The van der Waals surface area contributed by atoms with Crippen LogP contribution in [0.1, 0.15) is 24.8 Å². The summed E-state index contributed by atoms with van der Waals surface area (Å²) in [5.74, 6) is -0.206. The molecule has 1 amide bonds. The van der Waals surface area contributed by atoms with Gasteiger partial charge in [-0.05, 0) is 36.7 Å². The first-order chi connectivity index (χ1) is 10.1. The fourth-order valence-electron chi connectivity index (χ4n) is 3.51. The van der Waals surface area contributed by atoms with Crippen molar-refractivity contribution >= 4 is 12.1 Å². The van der Waals surface area contributed by atoms with Crippen LogP contribution in [-0.2, 0) is 16.1 Å². The Morgan fingerprint density at radius 2 is 1.95 bits per heavy atom. The third kappa shape index (κ3) is 3.01. The largest absolute Gasteiger partial charge is 0.481 e. The molecule has 2 N–H and O–H groups in total. The number of alkyl carbamates (subject to hydrolysis) is 1. The second kappa shape index (κ2) is 5.76. The van der Waals surface area contributed by atoms with Crippen molar-refractivity contribution in [3.63, 3.8) is 0 Å². The van der Waals surface area contributed by atoms with Crippen LogP contribution in [0.3, 0.4) is 0 Å². The van der Waals surface area contributed by atoms with Gasteiger partial charge in [0.2, 0.25) is 0 Å². The van der Waals surface area contributed by atoms with Crippen molar-refractivity contribution in [1.29, 1.82) is 0 Å². The number of carboxylic acids is 1. The van der Waals surface area contributed by atoms with E-state index in [0.29, 0.717) is 18.3 Å². The molecule has 0 aromatic heterocycles. The zero-order valence-corrected chi connectivity index (χ0v) is 11.7. The van der Waals surface area contributed by atoms with Gasteiger partial charge in [0.05, 0.1) is 5.92 Å². The Morgan fingerprint density at radius 1 is 1.19 bits per heavy atom. The first-order valence-electron chi connectivity index (χ1n) is 7.33. The van der Waals surface area contributed by atoms with E-state index < -0.39 is 12.1 Å². The van der Waals surface area contributed by atoms with Gasteiger partial charge in [-0.2, -0.15) is 0 Å². The molecule has 1 aromatic carbocycles. The molecular formula is C16H19NO4. The lowest BCUT2D eigenvalue weighted by molar-refractivity contribution is -0.141. The number of nitrogens with one attached hydrogen (secondary N) is 1. The maximum Gasteiger partial charge on any atom is 0.407 e. The molecule has 1 aromatic rings. The van der Waals surface area contributed by atoms with Crippen LogP contribution in [0.15, 0.2) is 30.3 Å². The number of fused-ring (bicyclic) bond motifs is 1. The molecule has 5 nitrogen and oxygen atoms in total. The number of hydrogen-bond donors (Lipinski definition) is 2. The fraction of sp³-hybridized carbons (Fsp3) is 0.500. The van der Waals surface area contributed by atoms with Crippen molar-refractivity contribution in [2.24, 2.45) is 17.8 Å². The van der Waals surface area contributed by atoms with Gasteiger partial charge in [0.25, 0.3) is 0 Å². The summed E-state index contributed by atoms with van der Waals surface area (Å²) >= 11 is 0. The zero-order chi connectivity index (χ0) is 14.8. The van der Waals surface area contributed by atoms with Crippen molar-refractivity contribution in [2.45, 2.75) is 31.9 Å². The molecule has 0 bridgehead atoms. The number of hydrogen-bond acceptors (Lipinski definition) is 3. The van der Waals surface area contributed by atoms with Crippen LogP contribution < -0.4 is 5.32 Å². The summed E-state index contributed by atoms with van der Waals surface area (Å²) < 4.78 is 5.19. The molecule has 5 heteroatoms. The molecule has 0 heterocycles. The van der Waals surface area contributed by atoms with E-state index in [2.05, 4.69) is 5.32 Å². The van der Waals surface area contributed by atoms with Gasteiger partial charge < -0.3 is 15.2 Å².